The zero-order valence-corrected chi connectivity index (χ0v) is 17.9. The number of nitrogens with one attached hydrogen (secondary N) is 1. The minimum absolute atomic E-state index is 0.0769. The van der Waals surface area contributed by atoms with Crippen LogP contribution >= 0.6 is 0 Å². The molecule has 2 saturated carbocycles. The van der Waals surface area contributed by atoms with Crippen molar-refractivity contribution in [3.05, 3.63) is 29.8 Å². The molecule has 0 bridgehead atoms. The van der Waals surface area contributed by atoms with Gasteiger partial charge in [0.25, 0.3) is 0 Å². The van der Waals surface area contributed by atoms with E-state index in [1.54, 1.807) is 7.05 Å². The first-order chi connectivity index (χ1) is 14.0. The van der Waals surface area contributed by atoms with Gasteiger partial charge in [0.05, 0.1) is 19.6 Å². The van der Waals surface area contributed by atoms with E-state index in [1.165, 1.54) is 64.9 Å². The fourth-order valence-electron chi connectivity index (χ4n) is 5.26. The van der Waals surface area contributed by atoms with Crippen molar-refractivity contribution in [2.24, 2.45) is 11.3 Å². The molecule has 1 aromatic rings. The van der Waals surface area contributed by atoms with Crippen LogP contribution in [0.25, 0.3) is 0 Å². The van der Waals surface area contributed by atoms with Gasteiger partial charge in [-0.25, -0.2) is 0 Å². The number of hydrogen-bond donors (Lipinski definition) is 1. The molecule has 1 spiro atoms. The molecule has 2 fully saturated rings. The Morgan fingerprint density at radius 2 is 1.79 bits per heavy atom. The van der Waals surface area contributed by atoms with Crippen molar-refractivity contribution in [3.8, 4) is 5.75 Å². The molecule has 0 aliphatic heterocycles. The Morgan fingerprint density at radius 1 is 1.10 bits per heavy atom. The second-order valence-electron chi connectivity index (χ2n) is 8.86. The summed E-state index contributed by atoms with van der Waals surface area (Å²) in [6, 6.07) is 7.52. The van der Waals surface area contributed by atoms with E-state index in [-0.39, 0.29) is 12.3 Å². The van der Waals surface area contributed by atoms with Crippen molar-refractivity contribution in [2.45, 2.75) is 70.1 Å². The van der Waals surface area contributed by atoms with Gasteiger partial charge in [0, 0.05) is 13.5 Å². The van der Waals surface area contributed by atoms with Gasteiger partial charge in [0.15, 0.2) is 0 Å². The number of hydrogen-bond acceptors (Lipinski definition) is 4. The van der Waals surface area contributed by atoms with E-state index in [4.69, 9.17) is 9.47 Å². The Bertz CT molecular complexity index is 673. The summed E-state index contributed by atoms with van der Waals surface area (Å²) in [4.78, 5) is 23.8. The van der Waals surface area contributed by atoms with Gasteiger partial charge in [-0.1, -0.05) is 37.8 Å². The summed E-state index contributed by atoms with van der Waals surface area (Å²) >= 11 is 0. The summed E-state index contributed by atoms with van der Waals surface area (Å²) in [5, 5.41) is 2.57. The second-order valence-corrected chi connectivity index (χ2v) is 8.86. The molecule has 160 valence electrons. The zero-order valence-electron chi connectivity index (χ0n) is 17.9. The molecule has 2 aliphatic rings. The number of carbonyl (C=O) groups excluding carboxylic acids is 2. The molecule has 3 rings (SSSR count). The smallest absolute Gasteiger partial charge is 0.313 e. The molecule has 5 nitrogen and oxygen atoms in total. The number of esters is 1. The average Bonchev–Trinajstić information content (AvgIpc) is 2.76. The van der Waals surface area contributed by atoms with E-state index in [1.807, 2.05) is 24.3 Å². The van der Waals surface area contributed by atoms with Crippen LogP contribution in [-0.4, -0.2) is 32.6 Å². The number of carbonyl (C=O) groups is 2. The normalized spacial score (nSPS) is 21.9. The second kappa shape index (κ2) is 10.1. The van der Waals surface area contributed by atoms with Gasteiger partial charge in [-0.05, 0) is 61.1 Å². The largest absolute Gasteiger partial charge is 0.493 e. The SMILES string of the molecule is CNC(=O)CC(C(=O)OC)c1ccc(OCC2CCCC3(CCCCC3)C2)cc1. The molecular weight excluding hydrogens is 366 g/mol. The molecule has 0 heterocycles. The lowest BCUT2D eigenvalue weighted by molar-refractivity contribution is -0.144. The molecular formula is C24H35NO4. The molecule has 1 aromatic carbocycles. The number of benzene rings is 1. The fourth-order valence-corrected chi connectivity index (χ4v) is 5.26. The summed E-state index contributed by atoms with van der Waals surface area (Å²) in [5.41, 5.74) is 1.36. The minimum Gasteiger partial charge on any atom is -0.493 e. The molecule has 0 saturated heterocycles. The maximum atomic E-state index is 12.1. The summed E-state index contributed by atoms with van der Waals surface area (Å²) in [7, 11) is 2.91. The van der Waals surface area contributed by atoms with E-state index in [9.17, 15) is 9.59 Å². The minimum atomic E-state index is -0.599. The molecule has 29 heavy (non-hydrogen) atoms. The van der Waals surface area contributed by atoms with Crippen molar-refractivity contribution < 1.29 is 19.1 Å². The van der Waals surface area contributed by atoms with Crippen molar-refractivity contribution in [1.82, 2.24) is 5.32 Å². The van der Waals surface area contributed by atoms with Crippen molar-refractivity contribution in [1.29, 1.82) is 0 Å². The van der Waals surface area contributed by atoms with Crippen LogP contribution < -0.4 is 10.1 Å². The highest BCUT2D eigenvalue weighted by molar-refractivity contribution is 5.86. The van der Waals surface area contributed by atoms with E-state index in [2.05, 4.69) is 5.32 Å². The lowest BCUT2D eigenvalue weighted by atomic mass is 9.63. The van der Waals surface area contributed by atoms with Gasteiger partial charge < -0.3 is 14.8 Å². The first-order valence-corrected chi connectivity index (χ1v) is 11.1. The molecule has 1 amide bonds. The van der Waals surface area contributed by atoms with Gasteiger partial charge >= 0.3 is 5.97 Å². The first kappa shape index (κ1) is 21.7. The van der Waals surface area contributed by atoms with E-state index in [0.717, 1.165) is 17.9 Å². The van der Waals surface area contributed by atoms with Crippen LogP contribution in [0.2, 0.25) is 0 Å². The Labute approximate surface area is 174 Å². The molecule has 0 aromatic heterocycles. The van der Waals surface area contributed by atoms with Crippen LogP contribution in [0.15, 0.2) is 24.3 Å². The lowest BCUT2D eigenvalue weighted by Crippen LogP contribution is -2.33. The quantitative estimate of drug-likeness (QED) is 0.678. The first-order valence-electron chi connectivity index (χ1n) is 11.1. The van der Waals surface area contributed by atoms with Crippen LogP contribution in [-0.2, 0) is 14.3 Å². The summed E-state index contributed by atoms with van der Waals surface area (Å²) in [6.45, 7) is 0.764. The number of amides is 1. The van der Waals surface area contributed by atoms with Crippen LogP contribution in [0.1, 0.15) is 75.7 Å². The standard InChI is InChI=1S/C24H35NO4/c1-25-22(26)15-21(23(27)28-2)19-8-10-20(11-9-19)29-17-18-7-6-14-24(16-18)12-4-3-5-13-24/h8-11,18,21H,3-7,12-17H2,1-2H3,(H,25,26). The third-order valence-electron chi connectivity index (χ3n) is 6.88. The van der Waals surface area contributed by atoms with Gasteiger partial charge in [0.1, 0.15) is 5.75 Å². The summed E-state index contributed by atoms with van der Waals surface area (Å²) in [6.07, 6.45) is 12.4. The highest BCUT2D eigenvalue weighted by Gasteiger charge is 2.37. The Kier molecular flexibility index (Phi) is 7.57. The third kappa shape index (κ3) is 5.74. The predicted octanol–water partition coefficient (Wildman–Crippen LogP) is 4.60. The van der Waals surface area contributed by atoms with E-state index in [0.29, 0.717) is 11.3 Å². The predicted molar refractivity (Wildman–Crippen MR) is 113 cm³/mol. The Balaban J connectivity index is 1.57. The fraction of sp³-hybridized carbons (Fsp3) is 0.667. The van der Waals surface area contributed by atoms with Gasteiger partial charge in [-0.3, -0.25) is 9.59 Å². The Morgan fingerprint density at radius 3 is 2.45 bits per heavy atom. The monoisotopic (exact) mass is 401 g/mol. The third-order valence-corrected chi connectivity index (χ3v) is 6.88. The maximum absolute atomic E-state index is 12.1. The van der Waals surface area contributed by atoms with Crippen molar-refractivity contribution >= 4 is 11.9 Å². The molecule has 2 aliphatic carbocycles. The number of methoxy groups -OCH3 is 1. The molecule has 2 unspecified atom stereocenters. The van der Waals surface area contributed by atoms with Crippen LogP contribution in [0.4, 0.5) is 0 Å². The molecule has 2 atom stereocenters. The van der Waals surface area contributed by atoms with Crippen LogP contribution in [0.3, 0.4) is 0 Å². The van der Waals surface area contributed by atoms with Gasteiger partial charge in [0.2, 0.25) is 5.91 Å². The van der Waals surface area contributed by atoms with Gasteiger partial charge in [-0.2, -0.15) is 0 Å². The van der Waals surface area contributed by atoms with Crippen LogP contribution in [0.5, 0.6) is 5.75 Å². The average molecular weight is 402 g/mol. The number of ether oxygens (including phenoxy) is 2. The molecule has 5 heteroatoms. The topological polar surface area (TPSA) is 64.6 Å². The molecule has 0 radical (unpaired) electrons. The van der Waals surface area contributed by atoms with Crippen molar-refractivity contribution in [2.75, 3.05) is 20.8 Å². The number of rotatable bonds is 7. The maximum Gasteiger partial charge on any atom is 0.313 e. The Hall–Kier alpha value is -2.04. The highest BCUT2D eigenvalue weighted by atomic mass is 16.5. The summed E-state index contributed by atoms with van der Waals surface area (Å²) < 4.78 is 11.0. The van der Waals surface area contributed by atoms with Crippen molar-refractivity contribution in [3.63, 3.8) is 0 Å². The van der Waals surface area contributed by atoms with E-state index < -0.39 is 11.9 Å². The van der Waals surface area contributed by atoms with Crippen LogP contribution in [0, 0.1) is 11.3 Å². The lowest BCUT2D eigenvalue weighted by Gasteiger charge is -2.43. The molecule has 1 N–H and O–H groups in total. The zero-order chi connectivity index (χ0) is 20.7. The highest BCUT2D eigenvalue weighted by Crippen LogP contribution is 2.49. The summed E-state index contributed by atoms with van der Waals surface area (Å²) in [5.74, 6) is 0.272. The van der Waals surface area contributed by atoms with E-state index >= 15 is 0 Å². The van der Waals surface area contributed by atoms with Gasteiger partial charge in [-0.15, -0.1) is 0 Å².